The van der Waals surface area contributed by atoms with Crippen LogP contribution in [0, 0.1) is 13.8 Å². The molecule has 0 atom stereocenters. The van der Waals surface area contributed by atoms with E-state index in [1.54, 1.807) is 0 Å². The van der Waals surface area contributed by atoms with Gasteiger partial charge in [-0.05, 0) is 35.4 Å². The van der Waals surface area contributed by atoms with Gasteiger partial charge in [0.25, 0.3) is 0 Å². The highest BCUT2D eigenvalue weighted by Gasteiger charge is 2.15. The Morgan fingerprint density at radius 1 is 1.14 bits per heavy atom. The molecule has 3 rings (SSSR count). The van der Waals surface area contributed by atoms with Gasteiger partial charge in [0.2, 0.25) is 0 Å². The molecule has 0 aliphatic rings. The zero-order valence-electron chi connectivity index (χ0n) is 13.4. The van der Waals surface area contributed by atoms with Gasteiger partial charge in [-0.1, -0.05) is 32.0 Å². The molecule has 2 heterocycles. The lowest BCUT2D eigenvalue weighted by Crippen LogP contribution is -2.12. The fourth-order valence-corrected chi connectivity index (χ4v) is 2.73. The molecule has 0 bridgehead atoms. The molecule has 0 amide bonds. The highest BCUT2D eigenvalue weighted by molar-refractivity contribution is 5.46. The summed E-state index contributed by atoms with van der Waals surface area (Å²) in [4.78, 5) is 4.42. The molecule has 3 aromatic rings. The summed E-state index contributed by atoms with van der Waals surface area (Å²) < 4.78 is 3.93. The van der Waals surface area contributed by atoms with E-state index in [1.165, 1.54) is 0 Å². The van der Waals surface area contributed by atoms with Crippen molar-refractivity contribution in [1.82, 2.24) is 29.8 Å². The highest BCUT2D eigenvalue weighted by atomic mass is 15.5. The monoisotopic (exact) mass is 296 g/mol. The van der Waals surface area contributed by atoms with Crippen LogP contribution in [0.1, 0.15) is 42.5 Å². The number of imidazole rings is 1. The molecule has 0 saturated heterocycles. The van der Waals surface area contributed by atoms with Gasteiger partial charge in [0.15, 0.2) is 5.82 Å². The largest absolute Gasteiger partial charge is 0.327 e. The van der Waals surface area contributed by atoms with Crippen molar-refractivity contribution < 1.29 is 0 Å². The molecule has 0 N–H and O–H groups in total. The number of benzene rings is 1. The molecule has 6 nitrogen and oxygen atoms in total. The van der Waals surface area contributed by atoms with Crippen molar-refractivity contribution >= 4 is 0 Å². The molecule has 2 aromatic heterocycles. The number of rotatable bonds is 4. The first-order valence-electron chi connectivity index (χ1n) is 7.42. The third kappa shape index (κ3) is 2.52. The van der Waals surface area contributed by atoms with Crippen molar-refractivity contribution in [3.63, 3.8) is 0 Å². The highest BCUT2D eigenvalue weighted by Crippen LogP contribution is 2.20. The second-order valence-corrected chi connectivity index (χ2v) is 5.82. The number of aromatic nitrogens is 6. The second kappa shape index (κ2) is 5.71. The molecule has 0 saturated carbocycles. The van der Waals surface area contributed by atoms with Gasteiger partial charge in [0.1, 0.15) is 5.82 Å². The van der Waals surface area contributed by atoms with Crippen LogP contribution >= 0.6 is 0 Å². The lowest BCUT2D eigenvalue weighted by molar-refractivity contribution is 0.633. The number of aryl methyl sites for hydroxylation is 2. The lowest BCUT2D eigenvalue weighted by atomic mass is 10.1. The van der Waals surface area contributed by atoms with Crippen LogP contribution in [0.25, 0.3) is 5.69 Å². The maximum absolute atomic E-state index is 4.42. The van der Waals surface area contributed by atoms with E-state index in [2.05, 4.69) is 64.9 Å². The Hall–Kier alpha value is -2.50. The van der Waals surface area contributed by atoms with Gasteiger partial charge in [-0.2, -0.15) is 4.68 Å². The van der Waals surface area contributed by atoms with Crippen molar-refractivity contribution in [2.45, 2.75) is 40.2 Å². The zero-order chi connectivity index (χ0) is 15.7. The Balaban J connectivity index is 2.01. The summed E-state index contributed by atoms with van der Waals surface area (Å²) in [5.74, 6) is 2.20. The fourth-order valence-electron chi connectivity index (χ4n) is 2.73. The molecule has 0 radical (unpaired) electrons. The third-order valence-electron chi connectivity index (χ3n) is 3.76. The van der Waals surface area contributed by atoms with Crippen molar-refractivity contribution in [2.24, 2.45) is 0 Å². The minimum atomic E-state index is 0.361. The van der Waals surface area contributed by atoms with Gasteiger partial charge < -0.3 is 4.57 Å². The molecule has 114 valence electrons. The van der Waals surface area contributed by atoms with E-state index < -0.39 is 0 Å². The van der Waals surface area contributed by atoms with Crippen molar-refractivity contribution in [1.29, 1.82) is 0 Å². The Kier molecular flexibility index (Phi) is 3.75. The molecule has 0 aliphatic heterocycles. The first-order valence-corrected chi connectivity index (χ1v) is 7.42. The van der Waals surface area contributed by atoms with Gasteiger partial charge in [-0.15, -0.1) is 5.10 Å². The van der Waals surface area contributed by atoms with Crippen molar-refractivity contribution in [2.75, 3.05) is 0 Å². The number of hydrogen-bond acceptors (Lipinski definition) is 4. The van der Waals surface area contributed by atoms with E-state index in [4.69, 9.17) is 0 Å². The minimum absolute atomic E-state index is 0.361. The van der Waals surface area contributed by atoms with Crippen molar-refractivity contribution in [3.8, 4) is 5.69 Å². The number of para-hydroxylation sites is 1. The third-order valence-corrected chi connectivity index (χ3v) is 3.76. The first kappa shape index (κ1) is 14.4. The van der Waals surface area contributed by atoms with Gasteiger partial charge in [0.05, 0.1) is 12.2 Å². The smallest absolute Gasteiger partial charge is 0.176 e. The summed E-state index contributed by atoms with van der Waals surface area (Å²) in [6, 6.07) is 6.19. The Bertz CT molecular complexity index is 763. The van der Waals surface area contributed by atoms with Crippen LogP contribution in [-0.4, -0.2) is 29.8 Å². The van der Waals surface area contributed by atoms with E-state index in [0.717, 1.165) is 28.5 Å². The quantitative estimate of drug-likeness (QED) is 0.742. The minimum Gasteiger partial charge on any atom is -0.327 e. The fraction of sp³-hybridized carbons (Fsp3) is 0.375. The number of hydrogen-bond donors (Lipinski definition) is 0. The average Bonchev–Trinajstić information content (AvgIpc) is 3.09. The summed E-state index contributed by atoms with van der Waals surface area (Å²) in [7, 11) is 0. The Morgan fingerprint density at radius 2 is 1.86 bits per heavy atom. The molecule has 0 unspecified atom stereocenters. The summed E-state index contributed by atoms with van der Waals surface area (Å²) in [6.07, 6.45) is 3.79. The van der Waals surface area contributed by atoms with Crippen LogP contribution in [0.5, 0.6) is 0 Å². The molecule has 0 spiro atoms. The standard InChI is InChI=1S/C16H20N6/c1-11(2)16-17-8-9-21(16)10-14-18-19-20-22(14)15-12(3)6-5-7-13(15)4/h5-9,11H,10H2,1-4H3. The normalized spacial score (nSPS) is 11.3. The van der Waals surface area contributed by atoms with E-state index in [9.17, 15) is 0 Å². The molecule has 22 heavy (non-hydrogen) atoms. The SMILES string of the molecule is Cc1cccc(C)c1-n1nnnc1Cn1ccnc1C(C)C. The van der Waals surface area contributed by atoms with Crippen LogP contribution < -0.4 is 0 Å². The Morgan fingerprint density at radius 3 is 2.55 bits per heavy atom. The number of nitrogens with zero attached hydrogens (tertiary/aromatic N) is 6. The van der Waals surface area contributed by atoms with E-state index >= 15 is 0 Å². The summed E-state index contributed by atoms with van der Waals surface area (Å²) in [6.45, 7) is 9.02. The first-order chi connectivity index (χ1) is 10.6. The van der Waals surface area contributed by atoms with Gasteiger partial charge >= 0.3 is 0 Å². The van der Waals surface area contributed by atoms with Gasteiger partial charge in [0, 0.05) is 18.3 Å². The molecular weight excluding hydrogens is 276 g/mol. The maximum Gasteiger partial charge on any atom is 0.176 e. The summed E-state index contributed by atoms with van der Waals surface area (Å²) in [5.41, 5.74) is 3.36. The predicted octanol–water partition coefficient (Wildman–Crippen LogP) is 2.65. The van der Waals surface area contributed by atoms with E-state index in [0.29, 0.717) is 12.5 Å². The summed E-state index contributed by atoms with van der Waals surface area (Å²) >= 11 is 0. The van der Waals surface area contributed by atoms with Crippen molar-refractivity contribution in [3.05, 3.63) is 53.4 Å². The second-order valence-electron chi connectivity index (χ2n) is 5.82. The molecule has 1 aromatic carbocycles. The molecular formula is C16H20N6. The molecule has 6 heteroatoms. The molecule has 0 fully saturated rings. The van der Waals surface area contributed by atoms with Gasteiger partial charge in [-0.25, -0.2) is 4.98 Å². The Labute approximate surface area is 129 Å². The van der Waals surface area contributed by atoms with Crippen LogP contribution in [-0.2, 0) is 6.54 Å². The topological polar surface area (TPSA) is 61.4 Å². The average molecular weight is 296 g/mol. The maximum atomic E-state index is 4.42. The van der Waals surface area contributed by atoms with E-state index in [1.807, 2.05) is 23.1 Å². The van der Waals surface area contributed by atoms with Crippen LogP contribution in [0.15, 0.2) is 30.6 Å². The number of tetrazole rings is 1. The van der Waals surface area contributed by atoms with Crippen LogP contribution in [0.4, 0.5) is 0 Å². The predicted molar refractivity (Wildman–Crippen MR) is 84.0 cm³/mol. The lowest BCUT2D eigenvalue weighted by Gasteiger charge is -2.13. The van der Waals surface area contributed by atoms with Crippen LogP contribution in [0.2, 0.25) is 0 Å². The van der Waals surface area contributed by atoms with E-state index in [-0.39, 0.29) is 0 Å². The zero-order valence-corrected chi connectivity index (χ0v) is 13.4. The van der Waals surface area contributed by atoms with Crippen LogP contribution in [0.3, 0.4) is 0 Å². The van der Waals surface area contributed by atoms with Gasteiger partial charge in [-0.3, -0.25) is 0 Å². The molecule has 0 aliphatic carbocycles. The summed E-state index contributed by atoms with van der Waals surface area (Å²) in [5, 5.41) is 12.3.